The SMILES string of the molecule is CO[C@@H](C(=O)N1N=C(c2ccc(Br)cc2)C[C@H]1c1ccc(Cl)c(Cl)c1)c1ccccc1. The average molecular weight is 518 g/mol. The zero-order valence-electron chi connectivity index (χ0n) is 16.6. The number of benzene rings is 3. The van der Waals surface area contributed by atoms with Crippen molar-refractivity contribution in [3.63, 3.8) is 0 Å². The molecular weight excluding hydrogens is 499 g/mol. The second kappa shape index (κ2) is 9.53. The van der Waals surface area contributed by atoms with Crippen molar-refractivity contribution in [1.82, 2.24) is 5.01 Å². The molecule has 0 N–H and O–H groups in total. The Morgan fingerprint density at radius 3 is 2.42 bits per heavy atom. The zero-order chi connectivity index (χ0) is 22.0. The maximum atomic E-state index is 13.6. The van der Waals surface area contributed by atoms with Crippen molar-refractivity contribution in [2.75, 3.05) is 7.11 Å². The van der Waals surface area contributed by atoms with E-state index in [-0.39, 0.29) is 11.9 Å². The van der Waals surface area contributed by atoms with Gasteiger partial charge in [-0.05, 0) is 41.0 Å². The van der Waals surface area contributed by atoms with E-state index >= 15 is 0 Å². The number of carbonyl (C=O) groups is 1. The molecule has 0 unspecified atom stereocenters. The van der Waals surface area contributed by atoms with Crippen molar-refractivity contribution in [3.8, 4) is 0 Å². The second-order valence-corrected chi connectivity index (χ2v) is 8.89. The molecule has 2 atom stereocenters. The van der Waals surface area contributed by atoms with Gasteiger partial charge in [-0.25, -0.2) is 5.01 Å². The van der Waals surface area contributed by atoms with Crippen LogP contribution >= 0.6 is 39.1 Å². The molecule has 0 bridgehead atoms. The van der Waals surface area contributed by atoms with Crippen LogP contribution in [0, 0.1) is 0 Å². The average Bonchev–Trinajstić information content (AvgIpc) is 3.23. The Bertz CT molecular complexity index is 1120. The molecule has 7 heteroatoms. The molecule has 1 amide bonds. The highest BCUT2D eigenvalue weighted by Gasteiger charge is 2.37. The predicted octanol–water partition coefficient (Wildman–Crippen LogP) is 6.82. The van der Waals surface area contributed by atoms with Crippen molar-refractivity contribution in [2.45, 2.75) is 18.6 Å². The molecule has 1 heterocycles. The Hall–Kier alpha value is -2.18. The van der Waals surface area contributed by atoms with Gasteiger partial charge in [0, 0.05) is 18.0 Å². The first kappa shape index (κ1) is 22.0. The largest absolute Gasteiger partial charge is 0.367 e. The standard InChI is InChI=1S/C24H19BrCl2N2O2/c1-31-23(16-5-3-2-4-6-16)24(30)29-22(17-9-12-19(26)20(27)13-17)14-21(28-29)15-7-10-18(25)11-8-15/h2-13,22-23H,14H2,1H3/t22-,23+/m0/s1. The van der Waals surface area contributed by atoms with E-state index in [2.05, 4.69) is 15.9 Å². The summed E-state index contributed by atoms with van der Waals surface area (Å²) in [5.74, 6) is -0.239. The number of rotatable bonds is 5. The van der Waals surface area contributed by atoms with E-state index < -0.39 is 6.10 Å². The molecule has 0 spiro atoms. The van der Waals surface area contributed by atoms with E-state index in [0.717, 1.165) is 26.9 Å². The number of hydrogen-bond donors (Lipinski definition) is 0. The summed E-state index contributed by atoms with van der Waals surface area (Å²) in [5, 5.41) is 7.14. The summed E-state index contributed by atoms with van der Waals surface area (Å²) in [6, 6.07) is 22.4. The minimum Gasteiger partial charge on any atom is -0.367 e. The number of carbonyl (C=O) groups excluding carboxylic acids is 1. The van der Waals surface area contributed by atoms with Crippen LogP contribution in [0.4, 0.5) is 0 Å². The number of hydrogen-bond acceptors (Lipinski definition) is 3. The lowest BCUT2D eigenvalue weighted by atomic mass is 9.98. The topological polar surface area (TPSA) is 41.9 Å². The molecule has 31 heavy (non-hydrogen) atoms. The van der Waals surface area contributed by atoms with Crippen molar-refractivity contribution in [1.29, 1.82) is 0 Å². The highest BCUT2D eigenvalue weighted by Crippen LogP contribution is 2.37. The van der Waals surface area contributed by atoms with Gasteiger partial charge < -0.3 is 4.74 Å². The lowest BCUT2D eigenvalue weighted by Crippen LogP contribution is -2.32. The third-order valence-corrected chi connectivity index (χ3v) is 6.47. The monoisotopic (exact) mass is 516 g/mol. The molecule has 3 aromatic carbocycles. The fourth-order valence-corrected chi connectivity index (χ4v) is 4.21. The molecule has 158 valence electrons. The van der Waals surface area contributed by atoms with Gasteiger partial charge >= 0.3 is 0 Å². The van der Waals surface area contributed by atoms with Gasteiger partial charge in [-0.2, -0.15) is 5.10 Å². The third-order valence-electron chi connectivity index (χ3n) is 5.20. The van der Waals surface area contributed by atoms with Gasteiger partial charge in [0.15, 0.2) is 6.10 Å². The first-order chi connectivity index (χ1) is 15.0. The van der Waals surface area contributed by atoms with Crippen LogP contribution in [0.3, 0.4) is 0 Å². The summed E-state index contributed by atoms with van der Waals surface area (Å²) in [7, 11) is 1.53. The summed E-state index contributed by atoms with van der Waals surface area (Å²) in [4.78, 5) is 13.6. The van der Waals surface area contributed by atoms with Crippen LogP contribution in [0.1, 0.15) is 35.3 Å². The van der Waals surface area contributed by atoms with Gasteiger partial charge in [0.05, 0.1) is 21.8 Å². The fraction of sp³-hybridized carbons (Fsp3) is 0.167. The summed E-state index contributed by atoms with van der Waals surface area (Å²) in [5.41, 5.74) is 3.41. The number of hydrazone groups is 1. The molecule has 0 saturated heterocycles. The zero-order valence-corrected chi connectivity index (χ0v) is 19.7. The van der Waals surface area contributed by atoms with Crippen LogP contribution in [0.15, 0.2) is 82.4 Å². The molecule has 4 nitrogen and oxygen atoms in total. The Morgan fingerprint density at radius 2 is 1.77 bits per heavy atom. The maximum absolute atomic E-state index is 13.6. The van der Waals surface area contributed by atoms with Crippen LogP contribution in [0.5, 0.6) is 0 Å². The number of nitrogens with zero attached hydrogens (tertiary/aromatic N) is 2. The van der Waals surface area contributed by atoms with Gasteiger partial charge in [0.25, 0.3) is 5.91 Å². The van der Waals surface area contributed by atoms with E-state index in [1.165, 1.54) is 12.1 Å². The molecule has 0 radical (unpaired) electrons. The van der Waals surface area contributed by atoms with Gasteiger partial charge in [0.1, 0.15) is 0 Å². The van der Waals surface area contributed by atoms with E-state index in [1.54, 1.807) is 12.1 Å². The minimum atomic E-state index is -0.764. The lowest BCUT2D eigenvalue weighted by molar-refractivity contribution is -0.144. The highest BCUT2D eigenvalue weighted by molar-refractivity contribution is 9.10. The summed E-state index contributed by atoms with van der Waals surface area (Å²) in [6.45, 7) is 0. The fourth-order valence-electron chi connectivity index (χ4n) is 3.64. The maximum Gasteiger partial charge on any atom is 0.276 e. The Balaban J connectivity index is 1.74. The van der Waals surface area contributed by atoms with Crippen molar-refractivity contribution >= 4 is 50.8 Å². The molecule has 1 aliphatic rings. The summed E-state index contributed by atoms with van der Waals surface area (Å²) >= 11 is 15.8. The number of halogens is 3. The van der Waals surface area contributed by atoms with E-state index in [0.29, 0.717) is 16.5 Å². The van der Waals surface area contributed by atoms with Crippen LogP contribution in [-0.4, -0.2) is 23.7 Å². The molecule has 0 saturated carbocycles. The first-order valence-corrected chi connectivity index (χ1v) is 11.2. The van der Waals surface area contributed by atoms with Gasteiger partial charge in [-0.15, -0.1) is 0 Å². The molecule has 3 aromatic rings. The van der Waals surface area contributed by atoms with Crippen LogP contribution in [0.25, 0.3) is 0 Å². The van der Waals surface area contributed by atoms with E-state index in [1.807, 2.05) is 60.7 Å². The lowest BCUT2D eigenvalue weighted by Gasteiger charge is -2.26. The smallest absolute Gasteiger partial charge is 0.276 e. The van der Waals surface area contributed by atoms with Gasteiger partial charge in [0.2, 0.25) is 0 Å². The second-order valence-electron chi connectivity index (χ2n) is 7.16. The third kappa shape index (κ3) is 4.70. The quantitative estimate of drug-likeness (QED) is 0.372. The van der Waals surface area contributed by atoms with Gasteiger partial charge in [-0.3, -0.25) is 4.79 Å². The number of ether oxygens (including phenoxy) is 1. The van der Waals surface area contributed by atoms with E-state index in [4.69, 9.17) is 33.0 Å². The predicted molar refractivity (Wildman–Crippen MR) is 128 cm³/mol. The first-order valence-electron chi connectivity index (χ1n) is 9.67. The van der Waals surface area contributed by atoms with Gasteiger partial charge in [-0.1, -0.05) is 87.7 Å². The number of amides is 1. The summed E-state index contributed by atoms with van der Waals surface area (Å²) in [6.07, 6.45) is -0.212. The van der Waals surface area contributed by atoms with E-state index in [9.17, 15) is 4.79 Å². The van der Waals surface area contributed by atoms with Crippen LogP contribution < -0.4 is 0 Å². The molecule has 4 rings (SSSR count). The molecule has 0 aliphatic carbocycles. The normalized spacial score (nSPS) is 16.8. The summed E-state index contributed by atoms with van der Waals surface area (Å²) < 4.78 is 6.56. The minimum absolute atomic E-state index is 0.239. The Labute approximate surface area is 199 Å². The van der Waals surface area contributed by atoms with Crippen molar-refractivity contribution in [3.05, 3.63) is 104 Å². The molecule has 0 fully saturated rings. The van der Waals surface area contributed by atoms with Crippen LogP contribution in [-0.2, 0) is 9.53 Å². The van der Waals surface area contributed by atoms with Crippen molar-refractivity contribution in [2.24, 2.45) is 5.10 Å². The van der Waals surface area contributed by atoms with Crippen LogP contribution in [0.2, 0.25) is 10.0 Å². The Morgan fingerprint density at radius 1 is 1.06 bits per heavy atom. The Kier molecular flexibility index (Phi) is 6.77. The van der Waals surface area contributed by atoms with Crippen molar-refractivity contribution < 1.29 is 9.53 Å². The molecule has 1 aliphatic heterocycles. The molecular formula is C24H19BrCl2N2O2. The highest BCUT2D eigenvalue weighted by atomic mass is 79.9. The number of methoxy groups -OCH3 is 1. The molecule has 0 aromatic heterocycles.